The van der Waals surface area contributed by atoms with Gasteiger partial charge in [-0.3, -0.25) is 9.36 Å². The second-order valence-electron chi connectivity index (χ2n) is 6.12. The Labute approximate surface area is 155 Å². The summed E-state index contributed by atoms with van der Waals surface area (Å²) in [7, 11) is 0. The number of fused-ring (bicyclic) bond motifs is 1. The van der Waals surface area contributed by atoms with Gasteiger partial charge in [0.25, 0.3) is 0 Å². The maximum absolute atomic E-state index is 12.2. The van der Waals surface area contributed by atoms with Gasteiger partial charge in [-0.2, -0.15) is 0 Å². The number of hydrogen-bond acceptors (Lipinski definition) is 4. The fourth-order valence-corrected chi connectivity index (χ4v) is 3.18. The maximum Gasteiger partial charge on any atom is 0.184 e. The number of benzene rings is 2. The van der Waals surface area contributed by atoms with E-state index in [0.29, 0.717) is 27.5 Å². The van der Waals surface area contributed by atoms with Gasteiger partial charge in [-0.1, -0.05) is 48.0 Å². The highest BCUT2D eigenvalue weighted by molar-refractivity contribution is 7.71. The number of rotatable bonds is 3. The molecule has 0 bridgehead atoms. The number of para-hydroxylation sites is 1. The molecule has 0 saturated heterocycles. The van der Waals surface area contributed by atoms with Crippen LogP contribution in [-0.2, 0) is 0 Å². The third-order valence-electron chi connectivity index (χ3n) is 4.19. The number of imidazole rings is 1. The van der Waals surface area contributed by atoms with Crippen molar-refractivity contribution in [2.45, 2.75) is 13.8 Å². The molecule has 5 nitrogen and oxygen atoms in total. The molecule has 6 heteroatoms. The van der Waals surface area contributed by atoms with Gasteiger partial charge in [0.1, 0.15) is 11.2 Å². The second kappa shape index (κ2) is 6.31. The summed E-state index contributed by atoms with van der Waals surface area (Å²) >= 11 is 5.49. The molecule has 128 valence electrons. The molecule has 4 aromatic rings. The molecular weight excluding hydrogens is 344 g/mol. The molecular formula is C20H16N4OS. The number of hydrogen-bond donors (Lipinski definition) is 1. The van der Waals surface area contributed by atoms with Gasteiger partial charge >= 0.3 is 0 Å². The summed E-state index contributed by atoms with van der Waals surface area (Å²) in [5.74, 6) is 0.364. The van der Waals surface area contributed by atoms with Gasteiger partial charge in [-0.25, -0.2) is 9.97 Å². The maximum atomic E-state index is 12.2. The van der Waals surface area contributed by atoms with Crippen molar-refractivity contribution < 1.29 is 4.79 Å². The Bertz CT molecular complexity index is 1170. The molecule has 0 saturated carbocycles. The molecule has 0 atom stereocenters. The fraction of sp³-hybridized carbons (Fsp3) is 0.100. The Balaban J connectivity index is 2.06. The molecule has 0 fully saturated rings. The Morgan fingerprint density at radius 1 is 1.04 bits per heavy atom. The van der Waals surface area contributed by atoms with E-state index in [1.54, 1.807) is 0 Å². The van der Waals surface area contributed by atoms with Crippen LogP contribution in [0.4, 0.5) is 0 Å². The highest BCUT2D eigenvalue weighted by Gasteiger charge is 2.18. The Morgan fingerprint density at radius 3 is 2.38 bits per heavy atom. The molecule has 2 aromatic heterocycles. The van der Waals surface area contributed by atoms with E-state index < -0.39 is 0 Å². The number of ketones is 1. The number of nitrogens with zero attached hydrogens (tertiary/aromatic N) is 3. The van der Waals surface area contributed by atoms with E-state index in [1.165, 1.54) is 6.92 Å². The molecule has 0 spiro atoms. The van der Waals surface area contributed by atoms with Crippen molar-refractivity contribution in [2.24, 2.45) is 0 Å². The molecule has 2 aromatic carbocycles. The van der Waals surface area contributed by atoms with Crippen molar-refractivity contribution in [2.75, 3.05) is 0 Å². The van der Waals surface area contributed by atoms with Crippen molar-refractivity contribution >= 4 is 29.2 Å². The number of H-pyrrole nitrogens is 1. The van der Waals surface area contributed by atoms with E-state index in [1.807, 2.05) is 66.1 Å². The molecule has 0 amide bonds. The molecule has 0 aliphatic heterocycles. The minimum Gasteiger partial charge on any atom is -0.327 e. The molecule has 0 radical (unpaired) electrons. The lowest BCUT2D eigenvalue weighted by atomic mass is 10.1. The van der Waals surface area contributed by atoms with Crippen LogP contribution in [0, 0.1) is 11.7 Å². The van der Waals surface area contributed by atoms with E-state index in [0.717, 1.165) is 16.8 Å². The predicted octanol–water partition coefficient (Wildman–Crippen LogP) is 4.66. The Hall–Kier alpha value is -3.12. The van der Waals surface area contributed by atoms with Gasteiger partial charge in [0.05, 0.1) is 0 Å². The minimum absolute atomic E-state index is 0.137. The first-order chi connectivity index (χ1) is 12.5. The SMILES string of the molecule is CC(=O)c1nc(-c2ccc(C)cc2)nc2c1[nH]c(=S)n2-c1ccccc1. The summed E-state index contributed by atoms with van der Waals surface area (Å²) in [6, 6.07) is 17.6. The molecule has 0 aliphatic rings. The molecule has 0 unspecified atom stereocenters. The quantitative estimate of drug-likeness (QED) is 0.426. The Kier molecular flexibility index (Phi) is 3.97. The molecule has 2 heterocycles. The zero-order chi connectivity index (χ0) is 18.3. The highest BCUT2D eigenvalue weighted by Crippen LogP contribution is 2.24. The van der Waals surface area contributed by atoms with Crippen LogP contribution in [-0.4, -0.2) is 25.3 Å². The number of carbonyl (C=O) groups excluding carboxylic acids is 1. The average molecular weight is 360 g/mol. The van der Waals surface area contributed by atoms with E-state index in [9.17, 15) is 4.79 Å². The number of aryl methyl sites for hydroxylation is 1. The summed E-state index contributed by atoms with van der Waals surface area (Å²) in [5, 5.41) is 0. The highest BCUT2D eigenvalue weighted by atomic mass is 32.1. The summed E-state index contributed by atoms with van der Waals surface area (Å²) in [6.45, 7) is 3.52. The van der Waals surface area contributed by atoms with Crippen LogP contribution >= 0.6 is 12.2 Å². The summed E-state index contributed by atoms with van der Waals surface area (Å²) in [4.78, 5) is 24.5. The van der Waals surface area contributed by atoms with E-state index in [2.05, 4.69) is 9.97 Å². The number of aromatic nitrogens is 4. The largest absolute Gasteiger partial charge is 0.327 e. The number of Topliss-reactive ketones (excluding diaryl/α,β-unsaturated/α-hetero) is 1. The van der Waals surface area contributed by atoms with Crippen LogP contribution in [0.1, 0.15) is 23.0 Å². The molecule has 4 rings (SSSR count). The van der Waals surface area contributed by atoms with Crippen LogP contribution in [0.15, 0.2) is 54.6 Å². The summed E-state index contributed by atoms with van der Waals surface area (Å²) < 4.78 is 2.31. The van der Waals surface area contributed by atoms with Crippen LogP contribution in [0.2, 0.25) is 0 Å². The van der Waals surface area contributed by atoms with Crippen molar-refractivity contribution in [3.05, 3.63) is 70.6 Å². The van der Waals surface area contributed by atoms with E-state index >= 15 is 0 Å². The first kappa shape index (κ1) is 16.4. The van der Waals surface area contributed by atoms with Crippen molar-refractivity contribution in [1.82, 2.24) is 19.5 Å². The van der Waals surface area contributed by atoms with Crippen LogP contribution < -0.4 is 0 Å². The topological polar surface area (TPSA) is 63.6 Å². The lowest BCUT2D eigenvalue weighted by Crippen LogP contribution is -2.04. The molecule has 0 aliphatic carbocycles. The monoisotopic (exact) mass is 360 g/mol. The van der Waals surface area contributed by atoms with E-state index in [4.69, 9.17) is 17.2 Å². The predicted molar refractivity (Wildman–Crippen MR) is 104 cm³/mol. The first-order valence-electron chi connectivity index (χ1n) is 8.21. The van der Waals surface area contributed by atoms with Gasteiger partial charge in [0.15, 0.2) is 22.0 Å². The van der Waals surface area contributed by atoms with Gasteiger partial charge in [0.2, 0.25) is 0 Å². The van der Waals surface area contributed by atoms with Gasteiger partial charge in [-0.05, 0) is 31.3 Å². The fourth-order valence-electron chi connectivity index (χ4n) is 2.89. The third kappa shape index (κ3) is 2.74. The molecule has 26 heavy (non-hydrogen) atoms. The van der Waals surface area contributed by atoms with Crippen LogP contribution in [0.5, 0.6) is 0 Å². The standard InChI is InChI=1S/C20H16N4OS/c1-12-8-10-14(11-9-12)18-21-16(13(2)25)17-19(23-18)24(20(26)22-17)15-6-4-3-5-7-15/h3-11H,1-2H3,(H,22,26). The first-order valence-corrected chi connectivity index (χ1v) is 8.61. The summed E-state index contributed by atoms with van der Waals surface area (Å²) in [6.07, 6.45) is 0. The second-order valence-corrected chi connectivity index (χ2v) is 6.50. The van der Waals surface area contributed by atoms with Gasteiger partial charge in [0, 0.05) is 18.2 Å². The zero-order valence-corrected chi connectivity index (χ0v) is 15.2. The lowest BCUT2D eigenvalue weighted by molar-refractivity contribution is 0.101. The number of aromatic amines is 1. The van der Waals surface area contributed by atoms with Crippen molar-refractivity contribution in [3.63, 3.8) is 0 Å². The Morgan fingerprint density at radius 2 is 1.73 bits per heavy atom. The summed E-state index contributed by atoms with van der Waals surface area (Å²) in [5.41, 5.74) is 4.37. The number of nitrogens with one attached hydrogen (secondary N) is 1. The van der Waals surface area contributed by atoms with Gasteiger partial charge in [-0.15, -0.1) is 0 Å². The van der Waals surface area contributed by atoms with Gasteiger partial charge < -0.3 is 4.98 Å². The average Bonchev–Trinajstić information content (AvgIpc) is 2.97. The normalized spacial score (nSPS) is 11.0. The van der Waals surface area contributed by atoms with Crippen LogP contribution in [0.3, 0.4) is 0 Å². The van der Waals surface area contributed by atoms with Crippen LogP contribution in [0.25, 0.3) is 28.2 Å². The smallest absolute Gasteiger partial charge is 0.184 e. The third-order valence-corrected chi connectivity index (χ3v) is 4.48. The van der Waals surface area contributed by atoms with Crippen molar-refractivity contribution in [1.29, 1.82) is 0 Å². The van der Waals surface area contributed by atoms with E-state index in [-0.39, 0.29) is 5.78 Å². The van der Waals surface area contributed by atoms with Crippen molar-refractivity contribution in [3.8, 4) is 17.1 Å². The zero-order valence-electron chi connectivity index (χ0n) is 14.4. The number of carbonyl (C=O) groups is 1. The minimum atomic E-state index is -0.137. The molecule has 1 N–H and O–H groups in total. The lowest BCUT2D eigenvalue weighted by Gasteiger charge is -2.07.